The average molecular weight is 425 g/mol. The van der Waals surface area contributed by atoms with Crippen LogP contribution in [-0.4, -0.2) is 21.7 Å². The normalized spacial score (nSPS) is 11.3. The van der Waals surface area contributed by atoms with Crippen molar-refractivity contribution >= 4 is 23.0 Å². The number of para-hydroxylation sites is 1. The van der Waals surface area contributed by atoms with Gasteiger partial charge in [0.1, 0.15) is 0 Å². The third kappa shape index (κ3) is 4.64. The Hall–Kier alpha value is -4.06. The number of fused-ring (bicyclic) bond motifs is 1. The lowest BCUT2D eigenvalue weighted by Crippen LogP contribution is -2.32. The summed E-state index contributed by atoms with van der Waals surface area (Å²) in [5.41, 5.74) is 5.71. The highest BCUT2D eigenvalue weighted by Crippen LogP contribution is 2.14. The summed E-state index contributed by atoms with van der Waals surface area (Å²) in [6.45, 7) is 4.50. The van der Waals surface area contributed by atoms with Crippen molar-refractivity contribution < 1.29 is 4.79 Å². The Bertz CT molecular complexity index is 1320. The minimum absolute atomic E-state index is 0.0184. The highest BCUT2D eigenvalue weighted by molar-refractivity contribution is 5.93. The molecule has 0 saturated heterocycles. The molecule has 0 aliphatic carbocycles. The zero-order valence-electron chi connectivity index (χ0n) is 18.0. The van der Waals surface area contributed by atoms with Crippen molar-refractivity contribution in [3.8, 4) is 0 Å². The van der Waals surface area contributed by atoms with Gasteiger partial charge in [0.25, 0.3) is 5.56 Å². The number of benzene rings is 3. The van der Waals surface area contributed by atoms with Crippen LogP contribution in [0.4, 0.5) is 0 Å². The number of carbonyl (C=O) groups is 1. The molecular weight excluding hydrogens is 400 g/mol. The first kappa shape index (κ1) is 21.2. The van der Waals surface area contributed by atoms with Gasteiger partial charge in [-0.25, -0.2) is 10.4 Å². The van der Waals surface area contributed by atoms with Gasteiger partial charge in [-0.2, -0.15) is 5.10 Å². The Labute approximate surface area is 186 Å². The molecule has 4 rings (SSSR count). The van der Waals surface area contributed by atoms with Gasteiger partial charge in [0.05, 0.1) is 23.7 Å². The molecule has 0 aliphatic heterocycles. The van der Waals surface area contributed by atoms with Crippen LogP contribution in [0.2, 0.25) is 0 Å². The van der Waals surface area contributed by atoms with E-state index in [1.807, 2.05) is 54.6 Å². The van der Waals surface area contributed by atoms with Crippen molar-refractivity contribution in [3.05, 3.63) is 112 Å². The van der Waals surface area contributed by atoms with E-state index in [4.69, 9.17) is 0 Å². The first-order valence-electron chi connectivity index (χ1n) is 10.5. The lowest BCUT2D eigenvalue weighted by atomic mass is 10.0. The number of rotatable bonds is 6. The summed E-state index contributed by atoms with van der Waals surface area (Å²) in [6.07, 6.45) is 1.57. The molecule has 4 aromatic rings. The lowest BCUT2D eigenvalue weighted by molar-refractivity contribution is 0.0939. The molecule has 1 heterocycles. The fourth-order valence-electron chi connectivity index (χ4n) is 3.44. The molecule has 1 N–H and O–H groups in total. The Morgan fingerprint density at radius 2 is 1.69 bits per heavy atom. The van der Waals surface area contributed by atoms with E-state index in [0.29, 0.717) is 16.8 Å². The molecule has 0 saturated carbocycles. The number of nitrogens with one attached hydrogen (secondary N) is 1. The Balaban J connectivity index is 1.63. The SMILES string of the molecule is CC(C)c1ccc(/C=N\NC(=O)c2nc3ccccc3c(=O)n2Cc2ccccc2)cc1. The number of amides is 1. The second kappa shape index (κ2) is 9.39. The zero-order chi connectivity index (χ0) is 22.5. The third-order valence-corrected chi connectivity index (χ3v) is 5.23. The van der Waals surface area contributed by atoms with Crippen molar-refractivity contribution in [2.45, 2.75) is 26.3 Å². The van der Waals surface area contributed by atoms with Crippen molar-refractivity contribution in [3.63, 3.8) is 0 Å². The predicted molar refractivity (Wildman–Crippen MR) is 127 cm³/mol. The molecule has 0 unspecified atom stereocenters. The lowest BCUT2D eigenvalue weighted by Gasteiger charge is -2.12. The molecule has 3 aromatic carbocycles. The molecular formula is C26H24N4O2. The highest BCUT2D eigenvalue weighted by Gasteiger charge is 2.17. The van der Waals surface area contributed by atoms with Crippen LogP contribution in [0.5, 0.6) is 0 Å². The van der Waals surface area contributed by atoms with Gasteiger partial charge in [0.15, 0.2) is 0 Å². The van der Waals surface area contributed by atoms with E-state index in [1.165, 1.54) is 10.1 Å². The van der Waals surface area contributed by atoms with Gasteiger partial charge >= 0.3 is 5.91 Å². The van der Waals surface area contributed by atoms with E-state index in [9.17, 15) is 9.59 Å². The first-order chi connectivity index (χ1) is 15.5. The second-order valence-electron chi connectivity index (χ2n) is 7.85. The number of nitrogens with zero attached hydrogens (tertiary/aromatic N) is 3. The molecule has 0 radical (unpaired) electrons. The van der Waals surface area contributed by atoms with E-state index >= 15 is 0 Å². The Morgan fingerprint density at radius 3 is 2.41 bits per heavy atom. The summed E-state index contributed by atoms with van der Waals surface area (Å²) < 4.78 is 1.39. The number of carbonyl (C=O) groups excluding carboxylic acids is 1. The molecule has 0 aliphatic rings. The molecule has 1 aromatic heterocycles. The zero-order valence-corrected chi connectivity index (χ0v) is 18.0. The summed E-state index contributed by atoms with van der Waals surface area (Å²) in [7, 11) is 0. The monoisotopic (exact) mass is 424 g/mol. The molecule has 0 atom stereocenters. The fourth-order valence-corrected chi connectivity index (χ4v) is 3.44. The van der Waals surface area contributed by atoms with Crippen molar-refractivity contribution in [1.82, 2.24) is 15.0 Å². The fraction of sp³-hybridized carbons (Fsp3) is 0.154. The summed E-state index contributed by atoms with van der Waals surface area (Å²) in [5, 5.41) is 4.54. The molecule has 0 spiro atoms. The smallest absolute Gasteiger partial charge is 0.283 e. The molecule has 6 heteroatoms. The Kier molecular flexibility index (Phi) is 6.22. The van der Waals surface area contributed by atoms with Crippen molar-refractivity contribution in [1.29, 1.82) is 0 Å². The number of aromatic nitrogens is 2. The number of hydrazone groups is 1. The van der Waals surface area contributed by atoms with E-state index in [1.54, 1.807) is 30.5 Å². The summed E-state index contributed by atoms with van der Waals surface area (Å²) in [5.74, 6) is -0.0790. The van der Waals surface area contributed by atoms with Gasteiger partial charge in [-0.1, -0.05) is 80.6 Å². The van der Waals surface area contributed by atoms with E-state index < -0.39 is 5.91 Å². The minimum Gasteiger partial charge on any atom is -0.283 e. The molecule has 0 bridgehead atoms. The number of hydrogen-bond acceptors (Lipinski definition) is 4. The maximum Gasteiger partial charge on any atom is 0.307 e. The van der Waals surface area contributed by atoms with Gasteiger partial charge in [0, 0.05) is 0 Å². The van der Waals surface area contributed by atoms with Gasteiger partial charge in [-0.3, -0.25) is 14.2 Å². The minimum atomic E-state index is -0.543. The number of hydrogen-bond donors (Lipinski definition) is 1. The maximum atomic E-state index is 13.1. The van der Waals surface area contributed by atoms with Crippen LogP contribution in [0.1, 0.15) is 47.1 Å². The highest BCUT2D eigenvalue weighted by atomic mass is 16.2. The third-order valence-electron chi connectivity index (χ3n) is 5.23. The topological polar surface area (TPSA) is 76.3 Å². The van der Waals surface area contributed by atoms with Crippen LogP contribution >= 0.6 is 0 Å². The van der Waals surface area contributed by atoms with Crippen LogP contribution in [0, 0.1) is 0 Å². The summed E-state index contributed by atoms with van der Waals surface area (Å²) >= 11 is 0. The van der Waals surface area contributed by atoms with E-state index in [-0.39, 0.29) is 17.9 Å². The quantitative estimate of drug-likeness (QED) is 0.370. The Morgan fingerprint density at radius 1 is 1.00 bits per heavy atom. The van der Waals surface area contributed by atoms with Crippen LogP contribution in [0.25, 0.3) is 10.9 Å². The van der Waals surface area contributed by atoms with Crippen LogP contribution in [0.15, 0.2) is 88.8 Å². The van der Waals surface area contributed by atoms with Gasteiger partial charge < -0.3 is 0 Å². The van der Waals surface area contributed by atoms with Crippen molar-refractivity contribution in [2.24, 2.45) is 5.10 Å². The maximum absolute atomic E-state index is 13.1. The van der Waals surface area contributed by atoms with E-state index in [0.717, 1.165) is 11.1 Å². The van der Waals surface area contributed by atoms with Gasteiger partial charge in [0.2, 0.25) is 5.82 Å². The predicted octanol–water partition coefficient (Wildman–Crippen LogP) is 4.33. The summed E-state index contributed by atoms with van der Waals surface area (Å²) in [4.78, 5) is 30.5. The molecule has 0 fully saturated rings. The summed E-state index contributed by atoms with van der Waals surface area (Å²) in [6, 6.07) is 24.5. The van der Waals surface area contributed by atoms with Gasteiger partial charge in [-0.05, 0) is 34.7 Å². The van der Waals surface area contributed by atoms with Crippen molar-refractivity contribution in [2.75, 3.05) is 0 Å². The van der Waals surface area contributed by atoms with Crippen LogP contribution in [0.3, 0.4) is 0 Å². The molecule has 32 heavy (non-hydrogen) atoms. The molecule has 160 valence electrons. The molecule has 1 amide bonds. The molecule has 6 nitrogen and oxygen atoms in total. The standard InChI is InChI=1S/C26H24N4O2/c1-18(2)21-14-12-19(13-15-21)16-27-29-25(31)24-28-23-11-7-6-10-22(23)26(32)30(24)17-20-8-4-3-5-9-20/h3-16,18H,17H2,1-2H3,(H,29,31)/b27-16-. The van der Waals surface area contributed by atoms with Gasteiger partial charge in [-0.15, -0.1) is 0 Å². The largest absolute Gasteiger partial charge is 0.307 e. The first-order valence-corrected chi connectivity index (χ1v) is 10.5. The van der Waals surface area contributed by atoms with Crippen LogP contribution in [-0.2, 0) is 6.54 Å². The second-order valence-corrected chi connectivity index (χ2v) is 7.85. The van der Waals surface area contributed by atoms with Crippen LogP contribution < -0.4 is 11.0 Å². The van der Waals surface area contributed by atoms with E-state index in [2.05, 4.69) is 29.4 Å². The average Bonchev–Trinajstić information content (AvgIpc) is 2.81.